The van der Waals surface area contributed by atoms with Crippen LogP contribution in [0.15, 0.2) is 126 Å². The van der Waals surface area contributed by atoms with E-state index in [1.54, 1.807) is 0 Å². The molecule has 0 bridgehead atoms. The first-order chi connectivity index (χ1) is 18.6. The molecule has 1 heterocycles. The molecule has 0 saturated heterocycles. The number of allylic oxidation sites excluding steroid dienone is 3. The van der Waals surface area contributed by atoms with Crippen LogP contribution in [0.3, 0.4) is 0 Å². The molecule has 0 unspecified atom stereocenters. The van der Waals surface area contributed by atoms with Crippen LogP contribution in [0.5, 0.6) is 0 Å². The smallest absolute Gasteiger partial charge is 0.0687 e. The second-order valence-electron chi connectivity index (χ2n) is 9.90. The van der Waals surface area contributed by atoms with Crippen LogP contribution in [0, 0.1) is 6.92 Å². The molecule has 0 radical (unpaired) electrons. The molecule has 1 aliphatic rings. The highest BCUT2D eigenvalue weighted by Crippen LogP contribution is 2.38. The number of fused-ring (bicyclic) bond motifs is 1. The van der Waals surface area contributed by atoms with E-state index in [0.29, 0.717) is 0 Å². The highest BCUT2D eigenvalue weighted by Gasteiger charge is 2.17. The fraction of sp³-hybridized carbons (Fsp3) is 0.139. The first kappa shape index (κ1) is 25.2. The Balaban J connectivity index is 1.57. The van der Waals surface area contributed by atoms with Gasteiger partial charge in [-0.2, -0.15) is 0 Å². The van der Waals surface area contributed by atoms with Crippen molar-refractivity contribution in [2.75, 3.05) is 4.90 Å². The van der Waals surface area contributed by atoms with Crippen LogP contribution in [0.25, 0.3) is 22.4 Å². The van der Waals surface area contributed by atoms with E-state index in [1.165, 1.54) is 44.7 Å². The lowest BCUT2D eigenvalue weighted by molar-refractivity contribution is 1.04. The van der Waals surface area contributed by atoms with E-state index < -0.39 is 0 Å². The number of aryl methyl sites for hydroxylation is 1. The van der Waals surface area contributed by atoms with Gasteiger partial charge in [0.15, 0.2) is 0 Å². The van der Waals surface area contributed by atoms with Crippen molar-refractivity contribution in [3.63, 3.8) is 0 Å². The average Bonchev–Trinajstić information content (AvgIpc) is 2.94. The largest absolute Gasteiger partial charge is 0.317 e. The van der Waals surface area contributed by atoms with Crippen LogP contribution in [-0.2, 0) is 6.42 Å². The van der Waals surface area contributed by atoms with Gasteiger partial charge in [0.1, 0.15) is 0 Å². The summed E-state index contributed by atoms with van der Waals surface area (Å²) in [6.07, 6.45) is 7.22. The predicted molar refractivity (Wildman–Crippen MR) is 165 cm³/mol. The minimum Gasteiger partial charge on any atom is -0.317 e. The second kappa shape index (κ2) is 11.3. The molecule has 4 aromatic rings. The molecule has 0 amide bonds. The molecule has 2 heteroatoms. The fourth-order valence-corrected chi connectivity index (χ4v) is 5.31. The van der Waals surface area contributed by atoms with Crippen molar-refractivity contribution in [2.45, 2.75) is 33.1 Å². The Morgan fingerprint density at radius 3 is 2.42 bits per heavy atom. The van der Waals surface area contributed by atoms with E-state index in [-0.39, 0.29) is 0 Å². The Bertz CT molecular complexity index is 1540. The zero-order valence-corrected chi connectivity index (χ0v) is 22.3. The van der Waals surface area contributed by atoms with Gasteiger partial charge in [0, 0.05) is 23.0 Å². The van der Waals surface area contributed by atoms with Crippen LogP contribution in [0.4, 0.5) is 11.4 Å². The zero-order valence-electron chi connectivity index (χ0n) is 22.3. The van der Waals surface area contributed by atoms with Crippen molar-refractivity contribution < 1.29 is 0 Å². The minimum atomic E-state index is 0.807. The Morgan fingerprint density at radius 1 is 0.868 bits per heavy atom. The number of anilines is 2. The second-order valence-corrected chi connectivity index (χ2v) is 9.90. The van der Waals surface area contributed by atoms with Crippen molar-refractivity contribution in [1.29, 1.82) is 0 Å². The van der Waals surface area contributed by atoms with Gasteiger partial charge in [-0.05, 0) is 91.4 Å². The molecule has 2 nitrogen and oxygen atoms in total. The molecular weight excluding hydrogens is 460 g/mol. The number of aliphatic imine (C=N–C) groups is 1. The number of benzene rings is 4. The lowest BCUT2D eigenvalue weighted by Crippen LogP contribution is -2.12. The summed E-state index contributed by atoms with van der Waals surface area (Å²) in [7, 11) is 0. The van der Waals surface area contributed by atoms with Crippen LogP contribution in [-0.4, -0.2) is 6.72 Å². The summed E-state index contributed by atoms with van der Waals surface area (Å²) in [6.45, 7) is 12.6. The lowest BCUT2D eigenvalue weighted by atomic mass is 9.90. The molecule has 0 aromatic heterocycles. The third-order valence-electron chi connectivity index (χ3n) is 7.31. The van der Waals surface area contributed by atoms with Gasteiger partial charge in [0.05, 0.1) is 11.4 Å². The van der Waals surface area contributed by atoms with Crippen LogP contribution in [0.1, 0.15) is 42.0 Å². The SMILES string of the molecule is C=N/C(=C(\C)Cc1c(C)cccc1-c1cccc(N2/C=C\CCC(=C)c3ccccc32)c1)c1ccccc1. The van der Waals surface area contributed by atoms with E-state index in [4.69, 9.17) is 0 Å². The van der Waals surface area contributed by atoms with Gasteiger partial charge in [-0.25, -0.2) is 0 Å². The van der Waals surface area contributed by atoms with Crippen LogP contribution >= 0.6 is 0 Å². The highest BCUT2D eigenvalue weighted by atomic mass is 15.1. The van der Waals surface area contributed by atoms with Gasteiger partial charge in [0.25, 0.3) is 0 Å². The summed E-state index contributed by atoms with van der Waals surface area (Å²) >= 11 is 0. The highest BCUT2D eigenvalue weighted by molar-refractivity contribution is 5.83. The number of hydrogen-bond donors (Lipinski definition) is 0. The van der Waals surface area contributed by atoms with Crippen molar-refractivity contribution in [1.82, 2.24) is 0 Å². The third-order valence-corrected chi connectivity index (χ3v) is 7.31. The summed E-state index contributed by atoms with van der Waals surface area (Å²) < 4.78 is 0. The first-order valence-electron chi connectivity index (χ1n) is 13.2. The molecule has 0 fully saturated rings. The molecule has 0 saturated carbocycles. The maximum atomic E-state index is 4.41. The molecule has 1 aliphatic heterocycles. The Kier molecular flexibility index (Phi) is 7.51. The summed E-state index contributed by atoms with van der Waals surface area (Å²) in [6, 6.07) is 34.3. The Labute approximate surface area is 227 Å². The van der Waals surface area contributed by atoms with Crippen molar-refractivity contribution in [3.05, 3.63) is 144 Å². The lowest BCUT2D eigenvalue weighted by Gasteiger charge is -2.27. The van der Waals surface area contributed by atoms with Gasteiger partial charge in [-0.1, -0.05) is 91.5 Å². The van der Waals surface area contributed by atoms with Gasteiger partial charge in [-0.15, -0.1) is 0 Å². The van der Waals surface area contributed by atoms with E-state index in [1.807, 2.05) is 18.2 Å². The maximum Gasteiger partial charge on any atom is 0.0687 e. The van der Waals surface area contributed by atoms with Crippen LogP contribution < -0.4 is 4.90 Å². The fourth-order valence-electron chi connectivity index (χ4n) is 5.31. The maximum absolute atomic E-state index is 4.41. The Hall–Kier alpha value is -4.43. The standard InChI is InChI=1S/C36H34N2/c1-26-14-10-11-23-38(35-22-9-8-20-32(26)35)31-19-13-18-30(25-31)33-21-12-15-27(2)34(33)24-28(3)36(37-4)29-16-6-5-7-17-29/h5-9,11-13,15-23,25H,1,4,10,14,24H2,2-3H3/b23-11-,36-28+. The van der Waals surface area contributed by atoms with E-state index >= 15 is 0 Å². The summed E-state index contributed by atoms with van der Waals surface area (Å²) in [4.78, 5) is 6.70. The summed E-state index contributed by atoms with van der Waals surface area (Å²) in [5.74, 6) is 0. The molecule has 0 atom stereocenters. The normalized spacial score (nSPS) is 14.7. The summed E-state index contributed by atoms with van der Waals surface area (Å²) in [5, 5.41) is 0. The molecule has 4 aromatic carbocycles. The number of rotatable bonds is 6. The monoisotopic (exact) mass is 494 g/mol. The molecule has 5 rings (SSSR count). The molecule has 188 valence electrons. The zero-order chi connectivity index (χ0) is 26.5. The third kappa shape index (κ3) is 5.17. The number of para-hydroxylation sites is 1. The quantitative estimate of drug-likeness (QED) is 0.244. The van der Waals surface area contributed by atoms with E-state index in [9.17, 15) is 0 Å². The van der Waals surface area contributed by atoms with Crippen LogP contribution in [0.2, 0.25) is 0 Å². The predicted octanol–water partition coefficient (Wildman–Crippen LogP) is 9.80. The van der Waals surface area contributed by atoms with Gasteiger partial charge in [0.2, 0.25) is 0 Å². The molecule has 0 aliphatic carbocycles. The van der Waals surface area contributed by atoms with Crippen molar-refractivity contribution in [2.24, 2.45) is 4.99 Å². The number of hydrogen-bond acceptors (Lipinski definition) is 2. The van der Waals surface area contributed by atoms with E-state index in [0.717, 1.165) is 36.2 Å². The molecule has 38 heavy (non-hydrogen) atoms. The van der Waals surface area contributed by atoms with E-state index in [2.05, 4.69) is 128 Å². The number of nitrogens with zero attached hydrogens (tertiary/aromatic N) is 2. The molecule has 0 N–H and O–H groups in total. The van der Waals surface area contributed by atoms with Crippen molar-refractivity contribution >= 4 is 29.4 Å². The Morgan fingerprint density at radius 2 is 1.61 bits per heavy atom. The summed E-state index contributed by atoms with van der Waals surface area (Å²) in [5.41, 5.74) is 13.0. The van der Waals surface area contributed by atoms with Gasteiger partial charge in [-0.3, -0.25) is 4.99 Å². The average molecular weight is 495 g/mol. The molecule has 0 spiro atoms. The first-order valence-corrected chi connectivity index (χ1v) is 13.2. The molecular formula is C36H34N2. The van der Waals surface area contributed by atoms with Gasteiger partial charge >= 0.3 is 0 Å². The van der Waals surface area contributed by atoms with Gasteiger partial charge < -0.3 is 4.90 Å². The van der Waals surface area contributed by atoms with Crippen molar-refractivity contribution in [3.8, 4) is 11.1 Å². The topological polar surface area (TPSA) is 15.6 Å². The minimum absolute atomic E-state index is 0.807.